The van der Waals surface area contributed by atoms with Gasteiger partial charge in [-0.15, -0.1) is 0 Å². The van der Waals surface area contributed by atoms with Crippen LogP contribution in [0.25, 0.3) is 0 Å². The average Bonchev–Trinajstić information content (AvgIpc) is 2.36. The summed E-state index contributed by atoms with van der Waals surface area (Å²) in [6.45, 7) is 1.59. The maximum atomic E-state index is 12.0. The smallest absolute Gasteiger partial charge is 0.387 e. The minimum absolute atomic E-state index is 0.0536. The molecule has 0 aromatic heterocycles. The van der Waals surface area contributed by atoms with E-state index in [1.807, 2.05) is 6.92 Å². The quantitative estimate of drug-likeness (QED) is 0.775. The first-order valence-corrected chi connectivity index (χ1v) is 6.03. The lowest BCUT2D eigenvalue weighted by Gasteiger charge is -2.17. The van der Waals surface area contributed by atoms with E-state index >= 15 is 0 Å². The molecule has 1 N–H and O–H groups in total. The zero-order valence-corrected chi connectivity index (χ0v) is 10.9. The molecule has 0 spiro atoms. The number of carbonyl (C=O) groups excluding carboxylic acids is 1. The molecule has 19 heavy (non-hydrogen) atoms. The topological polar surface area (TPSA) is 47.6 Å². The van der Waals surface area contributed by atoms with Gasteiger partial charge in [0.25, 0.3) is 0 Å². The Labute approximate surface area is 110 Å². The molecule has 0 saturated carbocycles. The summed E-state index contributed by atoms with van der Waals surface area (Å²) in [4.78, 5) is 11.8. The molecular weight excluding hydrogens is 256 g/mol. The second kappa shape index (κ2) is 7.68. The number of esters is 1. The third-order valence-electron chi connectivity index (χ3n) is 2.37. The van der Waals surface area contributed by atoms with Gasteiger partial charge >= 0.3 is 12.6 Å². The van der Waals surface area contributed by atoms with Crippen LogP contribution in [-0.4, -0.2) is 25.7 Å². The molecule has 1 unspecified atom stereocenters. The summed E-state index contributed by atoms with van der Waals surface area (Å²) in [6, 6.07) is 5.30. The SMILES string of the molecule is CCNC(C(=O)OCC)c1ccc(OC(F)F)cc1. The number of carbonyl (C=O) groups is 1. The first-order chi connectivity index (χ1) is 9.08. The zero-order valence-electron chi connectivity index (χ0n) is 10.9. The molecule has 0 radical (unpaired) electrons. The number of rotatable bonds is 7. The van der Waals surface area contributed by atoms with E-state index in [4.69, 9.17) is 4.74 Å². The standard InChI is InChI=1S/C13H17F2NO3/c1-3-16-11(12(17)18-4-2)9-5-7-10(8-6-9)19-13(14)15/h5-8,11,13,16H,3-4H2,1-2H3. The fourth-order valence-electron chi connectivity index (χ4n) is 1.61. The molecule has 0 aliphatic heterocycles. The lowest BCUT2D eigenvalue weighted by molar-refractivity contribution is -0.145. The average molecular weight is 273 g/mol. The summed E-state index contributed by atoms with van der Waals surface area (Å²) in [5.74, 6) is -0.343. The molecule has 6 heteroatoms. The summed E-state index contributed by atoms with van der Waals surface area (Å²) in [7, 11) is 0. The van der Waals surface area contributed by atoms with E-state index in [1.165, 1.54) is 12.1 Å². The fourth-order valence-corrected chi connectivity index (χ4v) is 1.61. The van der Waals surface area contributed by atoms with Crippen LogP contribution in [0.1, 0.15) is 25.5 Å². The van der Waals surface area contributed by atoms with Crippen LogP contribution in [0.2, 0.25) is 0 Å². The molecule has 1 atom stereocenters. The predicted octanol–water partition coefficient (Wildman–Crippen LogP) is 2.50. The molecule has 0 bridgehead atoms. The van der Waals surface area contributed by atoms with Crippen molar-refractivity contribution in [2.45, 2.75) is 26.5 Å². The predicted molar refractivity (Wildman–Crippen MR) is 66.1 cm³/mol. The van der Waals surface area contributed by atoms with Gasteiger partial charge in [0.2, 0.25) is 0 Å². The number of hydrogen-bond acceptors (Lipinski definition) is 4. The van der Waals surface area contributed by atoms with E-state index in [2.05, 4.69) is 10.1 Å². The molecule has 1 aromatic carbocycles. The van der Waals surface area contributed by atoms with Crippen molar-refractivity contribution < 1.29 is 23.0 Å². The lowest BCUT2D eigenvalue weighted by Crippen LogP contribution is -2.30. The number of halogens is 2. The Balaban J connectivity index is 2.81. The van der Waals surface area contributed by atoms with Crippen LogP contribution in [0.5, 0.6) is 5.75 Å². The lowest BCUT2D eigenvalue weighted by atomic mass is 10.1. The minimum atomic E-state index is -2.86. The van der Waals surface area contributed by atoms with Crippen LogP contribution in [0, 0.1) is 0 Å². The van der Waals surface area contributed by atoms with Crippen LogP contribution >= 0.6 is 0 Å². The third-order valence-corrected chi connectivity index (χ3v) is 2.37. The molecule has 1 aromatic rings. The number of nitrogens with one attached hydrogen (secondary N) is 1. The largest absolute Gasteiger partial charge is 0.465 e. The van der Waals surface area contributed by atoms with Crippen molar-refractivity contribution in [1.82, 2.24) is 5.32 Å². The monoisotopic (exact) mass is 273 g/mol. The van der Waals surface area contributed by atoms with Crippen LogP contribution < -0.4 is 10.1 Å². The molecule has 1 rings (SSSR count). The Kier molecular flexibility index (Phi) is 6.21. The van der Waals surface area contributed by atoms with E-state index < -0.39 is 18.6 Å². The van der Waals surface area contributed by atoms with E-state index in [1.54, 1.807) is 19.1 Å². The molecule has 0 amide bonds. The van der Waals surface area contributed by atoms with Crippen LogP contribution in [0.4, 0.5) is 8.78 Å². The first-order valence-electron chi connectivity index (χ1n) is 6.03. The zero-order chi connectivity index (χ0) is 14.3. The van der Waals surface area contributed by atoms with Crippen molar-refractivity contribution in [2.75, 3.05) is 13.2 Å². The van der Waals surface area contributed by atoms with Gasteiger partial charge in [-0.25, -0.2) is 4.79 Å². The van der Waals surface area contributed by atoms with E-state index in [9.17, 15) is 13.6 Å². The Bertz CT molecular complexity index is 395. The highest BCUT2D eigenvalue weighted by molar-refractivity contribution is 5.77. The normalized spacial score (nSPS) is 12.3. The van der Waals surface area contributed by atoms with Crippen molar-refractivity contribution in [1.29, 1.82) is 0 Å². The van der Waals surface area contributed by atoms with Gasteiger partial charge in [0.15, 0.2) is 0 Å². The van der Waals surface area contributed by atoms with Gasteiger partial charge in [-0.3, -0.25) is 0 Å². The minimum Gasteiger partial charge on any atom is -0.465 e. The number of alkyl halides is 2. The van der Waals surface area contributed by atoms with Gasteiger partial charge in [0.05, 0.1) is 6.61 Å². The first kappa shape index (κ1) is 15.4. The van der Waals surface area contributed by atoms with Gasteiger partial charge < -0.3 is 14.8 Å². The Morgan fingerprint density at radius 3 is 2.37 bits per heavy atom. The highest BCUT2D eigenvalue weighted by Gasteiger charge is 2.20. The maximum Gasteiger partial charge on any atom is 0.387 e. The molecule has 0 aliphatic carbocycles. The summed E-state index contributed by atoms with van der Waals surface area (Å²) in [5.41, 5.74) is 0.641. The van der Waals surface area contributed by atoms with Crippen LogP contribution in [0.3, 0.4) is 0 Å². The Hall–Kier alpha value is -1.69. The Morgan fingerprint density at radius 1 is 1.26 bits per heavy atom. The highest BCUT2D eigenvalue weighted by atomic mass is 19.3. The molecule has 106 valence electrons. The van der Waals surface area contributed by atoms with E-state index in [0.29, 0.717) is 12.1 Å². The van der Waals surface area contributed by atoms with E-state index in [-0.39, 0.29) is 12.4 Å². The summed E-state index contributed by atoms with van der Waals surface area (Å²) in [5, 5.41) is 2.98. The van der Waals surface area contributed by atoms with Gasteiger partial charge in [0.1, 0.15) is 11.8 Å². The number of ether oxygens (including phenoxy) is 2. The molecule has 4 nitrogen and oxygen atoms in total. The van der Waals surface area contributed by atoms with Crippen molar-refractivity contribution in [2.24, 2.45) is 0 Å². The van der Waals surface area contributed by atoms with Crippen LogP contribution in [0.15, 0.2) is 24.3 Å². The molecule has 0 fully saturated rings. The molecule has 0 aliphatic rings. The summed E-state index contributed by atoms with van der Waals surface area (Å²) in [6.07, 6.45) is 0. The second-order valence-electron chi connectivity index (χ2n) is 3.69. The van der Waals surface area contributed by atoms with Crippen LogP contribution in [-0.2, 0) is 9.53 Å². The number of hydrogen-bond donors (Lipinski definition) is 1. The fraction of sp³-hybridized carbons (Fsp3) is 0.462. The van der Waals surface area contributed by atoms with Gasteiger partial charge in [0, 0.05) is 0 Å². The molecule has 0 saturated heterocycles. The van der Waals surface area contributed by atoms with Gasteiger partial charge in [-0.05, 0) is 31.2 Å². The summed E-state index contributed by atoms with van der Waals surface area (Å²) >= 11 is 0. The number of benzene rings is 1. The molecular formula is C13H17F2NO3. The second-order valence-corrected chi connectivity index (χ2v) is 3.69. The van der Waals surface area contributed by atoms with Crippen molar-refractivity contribution in [3.63, 3.8) is 0 Å². The van der Waals surface area contributed by atoms with Crippen molar-refractivity contribution >= 4 is 5.97 Å². The van der Waals surface area contributed by atoms with Crippen molar-refractivity contribution in [3.8, 4) is 5.75 Å². The maximum absolute atomic E-state index is 12.0. The van der Waals surface area contributed by atoms with Gasteiger partial charge in [-0.1, -0.05) is 19.1 Å². The third kappa shape index (κ3) is 4.82. The Morgan fingerprint density at radius 2 is 1.89 bits per heavy atom. The van der Waals surface area contributed by atoms with E-state index in [0.717, 1.165) is 0 Å². The van der Waals surface area contributed by atoms with Crippen molar-refractivity contribution in [3.05, 3.63) is 29.8 Å². The highest BCUT2D eigenvalue weighted by Crippen LogP contribution is 2.20. The summed E-state index contributed by atoms with van der Waals surface area (Å²) < 4.78 is 33.2. The van der Waals surface area contributed by atoms with Gasteiger partial charge in [-0.2, -0.15) is 8.78 Å². The molecule has 0 heterocycles. The number of likely N-dealkylation sites (N-methyl/N-ethyl adjacent to an activating group) is 1.